The highest BCUT2D eigenvalue weighted by molar-refractivity contribution is 5.72. The molecule has 0 fully saturated rings. The highest BCUT2D eigenvalue weighted by Crippen LogP contribution is 2.32. The Morgan fingerprint density at radius 3 is 2.94 bits per heavy atom. The number of hydrazone groups is 1. The van der Waals surface area contributed by atoms with Gasteiger partial charge in [-0.05, 0) is 24.5 Å². The largest absolute Gasteiger partial charge is 0.401 e. The first kappa shape index (κ1) is 20.8. The summed E-state index contributed by atoms with van der Waals surface area (Å²) in [5.41, 5.74) is 4.81. The fourth-order valence-corrected chi connectivity index (χ4v) is 4.06. The second-order valence-corrected chi connectivity index (χ2v) is 8.04. The Bertz CT molecular complexity index is 1240. The zero-order valence-corrected chi connectivity index (χ0v) is 18.8. The quantitative estimate of drug-likeness (QED) is 0.595. The summed E-state index contributed by atoms with van der Waals surface area (Å²) in [4.78, 5) is 18.1. The van der Waals surface area contributed by atoms with Gasteiger partial charge in [-0.1, -0.05) is 31.1 Å². The van der Waals surface area contributed by atoms with Crippen molar-refractivity contribution >= 4 is 12.2 Å². The SMILES string of the molecule is C/C=C1/C(C(C)C)=CC=CN1/N=C/[C@H]1c2nc[nH]c2CCN1c1nnc(-c2cnccn2)o1. The fraction of sp³-hybridized carbons (Fsp3) is 0.304. The van der Waals surface area contributed by atoms with Crippen LogP contribution in [0.4, 0.5) is 6.01 Å². The maximum atomic E-state index is 5.97. The Labute approximate surface area is 191 Å². The average molecular weight is 444 g/mol. The molecule has 0 saturated heterocycles. The number of hydrogen-bond acceptors (Lipinski definition) is 9. The van der Waals surface area contributed by atoms with Crippen molar-refractivity contribution in [3.63, 3.8) is 0 Å². The van der Waals surface area contributed by atoms with Gasteiger partial charge in [-0.15, -0.1) is 5.10 Å². The van der Waals surface area contributed by atoms with Crippen LogP contribution in [0, 0.1) is 5.92 Å². The van der Waals surface area contributed by atoms with Gasteiger partial charge in [-0.25, -0.2) is 15.0 Å². The van der Waals surface area contributed by atoms with E-state index in [4.69, 9.17) is 9.52 Å². The molecular formula is C23H25N9O. The number of H-pyrrole nitrogens is 1. The molecule has 1 N–H and O–H groups in total. The van der Waals surface area contributed by atoms with E-state index in [0.717, 1.165) is 23.5 Å². The van der Waals surface area contributed by atoms with Crippen molar-refractivity contribution in [2.75, 3.05) is 11.4 Å². The minimum Gasteiger partial charge on any atom is -0.401 e. The smallest absolute Gasteiger partial charge is 0.319 e. The molecule has 0 spiro atoms. The Hall–Kier alpha value is -4.08. The van der Waals surface area contributed by atoms with Gasteiger partial charge in [-0.2, -0.15) is 5.10 Å². The van der Waals surface area contributed by atoms with Crippen molar-refractivity contribution in [3.8, 4) is 11.6 Å². The predicted octanol–water partition coefficient (Wildman–Crippen LogP) is 3.65. The van der Waals surface area contributed by atoms with Crippen molar-refractivity contribution < 1.29 is 4.42 Å². The Balaban J connectivity index is 1.46. The van der Waals surface area contributed by atoms with Gasteiger partial charge < -0.3 is 14.3 Å². The van der Waals surface area contributed by atoms with E-state index >= 15 is 0 Å². The minimum absolute atomic E-state index is 0.268. The van der Waals surface area contributed by atoms with Crippen molar-refractivity contribution in [2.24, 2.45) is 11.0 Å². The lowest BCUT2D eigenvalue weighted by Gasteiger charge is -2.32. The summed E-state index contributed by atoms with van der Waals surface area (Å²) in [7, 11) is 0. The third-order valence-electron chi connectivity index (χ3n) is 5.69. The molecule has 0 aromatic carbocycles. The summed E-state index contributed by atoms with van der Waals surface area (Å²) < 4.78 is 5.97. The van der Waals surface area contributed by atoms with E-state index in [-0.39, 0.29) is 6.04 Å². The van der Waals surface area contributed by atoms with Crippen LogP contribution in [0.2, 0.25) is 0 Å². The maximum absolute atomic E-state index is 5.97. The van der Waals surface area contributed by atoms with Crippen LogP contribution in [0.25, 0.3) is 11.6 Å². The zero-order chi connectivity index (χ0) is 22.8. The van der Waals surface area contributed by atoms with Crippen molar-refractivity contribution in [2.45, 2.75) is 33.2 Å². The third-order valence-corrected chi connectivity index (χ3v) is 5.69. The first-order valence-corrected chi connectivity index (χ1v) is 10.9. The first-order valence-electron chi connectivity index (χ1n) is 10.9. The molecule has 3 aromatic heterocycles. The molecule has 1 atom stereocenters. The molecule has 3 aromatic rings. The predicted molar refractivity (Wildman–Crippen MR) is 124 cm³/mol. The lowest BCUT2D eigenvalue weighted by atomic mass is 9.97. The molecule has 10 nitrogen and oxygen atoms in total. The Morgan fingerprint density at radius 2 is 2.15 bits per heavy atom. The maximum Gasteiger partial charge on any atom is 0.319 e. The number of nitrogens with one attached hydrogen (secondary N) is 1. The normalized spacial score (nSPS) is 19.6. The van der Waals surface area contributed by atoms with Crippen LogP contribution in [-0.4, -0.2) is 47.9 Å². The second kappa shape index (κ2) is 8.81. The van der Waals surface area contributed by atoms with Crippen LogP contribution in [-0.2, 0) is 6.42 Å². The van der Waals surface area contributed by atoms with Gasteiger partial charge >= 0.3 is 6.01 Å². The monoisotopic (exact) mass is 443 g/mol. The van der Waals surface area contributed by atoms with Gasteiger partial charge in [0.2, 0.25) is 0 Å². The number of fused-ring (bicyclic) bond motifs is 1. The van der Waals surface area contributed by atoms with E-state index in [1.54, 1.807) is 24.9 Å². The highest BCUT2D eigenvalue weighted by atomic mass is 16.4. The lowest BCUT2D eigenvalue weighted by Crippen LogP contribution is -2.37. The molecule has 33 heavy (non-hydrogen) atoms. The molecule has 0 aliphatic carbocycles. The summed E-state index contributed by atoms with van der Waals surface area (Å²) in [6.45, 7) is 7.06. The second-order valence-electron chi connectivity index (χ2n) is 8.04. The lowest BCUT2D eigenvalue weighted by molar-refractivity contribution is 0.479. The van der Waals surface area contributed by atoms with Gasteiger partial charge in [-0.3, -0.25) is 4.98 Å². The van der Waals surface area contributed by atoms with Crippen LogP contribution in [0.5, 0.6) is 0 Å². The summed E-state index contributed by atoms with van der Waals surface area (Å²) >= 11 is 0. The Kier molecular flexibility index (Phi) is 5.55. The van der Waals surface area contributed by atoms with E-state index in [9.17, 15) is 0 Å². The summed E-state index contributed by atoms with van der Waals surface area (Å²) in [6, 6.07) is 0.124. The molecule has 10 heteroatoms. The van der Waals surface area contributed by atoms with Crippen LogP contribution in [0.15, 0.2) is 70.1 Å². The van der Waals surface area contributed by atoms with Gasteiger partial charge in [0.15, 0.2) is 0 Å². The van der Waals surface area contributed by atoms with E-state index < -0.39 is 0 Å². The van der Waals surface area contributed by atoms with Crippen molar-refractivity contribution in [1.82, 2.24) is 35.1 Å². The number of rotatable bonds is 5. The molecule has 0 unspecified atom stereocenters. The number of allylic oxidation sites excluding steroid dienone is 4. The van der Waals surface area contributed by atoms with Gasteiger partial charge in [0.1, 0.15) is 11.7 Å². The summed E-state index contributed by atoms with van der Waals surface area (Å²) in [5, 5.41) is 15.2. The number of aromatic amines is 1. The number of hydrogen-bond donors (Lipinski definition) is 1. The summed E-state index contributed by atoms with van der Waals surface area (Å²) in [6.07, 6.45) is 17.4. The molecule has 0 amide bonds. The van der Waals surface area contributed by atoms with E-state index in [2.05, 4.69) is 56.1 Å². The number of aromatic nitrogens is 6. The summed E-state index contributed by atoms with van der Waals surface area (Å²) in [5.74, 6) is 0.712. The molecule has 5 heterocycles. The Morgan fingerprint density at radius 1 is 1.24 bits per heavy atom. The molecule has 0 bridgehead atoms. The molecular weight excluding hydrogens is 418 g/mol. The molecule has 5 rings (SSSR count). The van der Waals surface area contributed by atoms with Crippen molar-refractivity contribution in [1.29, 1.82) is 0 Å². The van der Waals surface area contributed by atoms with Crippen LogP contribution in [0.1, 0.15) is 38.2 Å². The van der Waals surface area contributed by atoms with Crippen LogP contribution >= 0.6 is 0 Å². The minimum atomic E-state index is -0.268. The van der Waals surface area contributed by atoms with Crippen LogP contribution in [0.3, 0.4) is 0 Å². The molecule has 0 saturated carbocycles. The van der Waals surface area contributed by atoms with Gasteiger partial charge in [0, 0.05) is 37.3 Å². The molecule has 2 aliphatic rings. The molecule has 2 aliphatic heterocycles. The number of anilines is 1. The molecule has 0 radical (unpaired) electrons. The topological polar surface area (TPSA) is 112 Å². The highest BCUT2D eigenvalue weighted by Gasteiger charge is 2.32. The fourth-order valence-electron chi connectivity index (χ4n) is 4.06. The van der Waals surface area contributed by atoms with E-state index in [1.165, 1.54) is 5.57 Å². The van der Waals surface area contributed by atoms with E-state index in [1.807, 2.05) is 35.3 Å². The first-order chi connectivity index (χ1) is 16.2. The average Bonchev–Trinajstić information content (AvgIpc) is 3.52. The van der Waals surface area contributed by atoms with Crippen molar-refractivity contribution in [3.05, 3.63) is 72.0 Å². The third kappa shape index (κ3) is 3.95. The zero-order valence-electron chi connectivity index (χ0n) is 18.8. The molecule has 168 valence electrons. The number of nitrogens with zero attached hydrogens (tertiary/aromatic N) is 8. The number of imidazole rings is 1. The van der Waals surface area contributed by atoms with E-state index in [0.29, 0.717) is 30.1 Å². The van der Waals surface area contributed by atoms with Gasteiger partial charge in [0.25, 0.3) is 5.89 Å². The van der Waals surface area contributed by atoms with Crippen LogP contribution < -0.4 is 4.90 Å². The van der Waals surface area contributed by atoms with Gasteiger partial charge in [0.05, 0.1) is 30.1 Å². The standard InChI is InChI=1S/C23H25N9O/c1-4-19-16(15(2)3)6-5-10-32(19)28-13-20-21-17(26-14-27-21)7-11-31(20)23-30-29-22(33-23)18-12-24-8-9-25-18/h4-6,8-10,12-15,20H,7,11H2,1-3H3,(H,26,27)/b19-4-,28-13+/t20-/m0/s1.